The van der Waals surface area contributed by atoms with Crippen molar-refractivity contribution in [1.82, 2.24) is 10.6 Å². The lowest BCUT2D eigenvalue weighted by Crippen LogP contribution is -2.28. The number of nitrogens with one attached hydrogen (secondary N) is 3. The number of benzene rings is 2. The Hall–Kier alpha value is -2.60. The molecule has 0 aromatic heterocycles. The molecule has 4 rings (SSSR count). The number of hydrogen-bond acceptors (Lipinski definition) is 7. The van der Waals surface area contributed by atoms with Crippen LogP contribution in [0.25, 0.3) is 0 Å². The van der Waals surface area contributed by atoms with Crippen molar-refractivity contribution in [1.29, 1.82) is 5.26 Å². The molecule has 2 heterocycles. The van der Waals surface area contributed by atoms with E-state index in [0.717, 1.165) is 41.2 Å². The van der Waals surface area contributed by atoms with Gasteiger partial charge in [-0.2, -0.15) is 5.26 Å². The zero-order valence-electron chi connectivity index (χ0n) is 18.5. The van der Waals surface area contributed by atoms with Crippen molar-refractivity contribution in [2.24, 2.45) is 0 Å². The van der Waals surface area contributed by atoms with Crippen LogP contribution in [0.1, 0.15) is 17.5 Å². The maximum Gasteiger partial charge on any atom is 0.139 e. The van der Waals surface area contributed by atoms with Gasteiger partial charge >= 0.3 is 0 Å². The van der Waals surface area contributed by atoms with Gasteiger partial charge in [0, 0.05) is 30.3 Å². The smallest absolute Gasteiger partial charge is 0.139 e. The fourth-order valence-electron chi connectivity index (χ4n) is 3.72. The Balaban J connectivity index is 1.68. The minimum absolute atomic E-state index is 0.177. The van der Waals surface area contributed by atoms with Crippen molar-refractivity contribution in [3.05, 3.63) is 92.1 Å². The highest BCUT2D eigenvalue weighted by atomic mass is 35.5. The number of aliphatic hydroxyl groups is 1. The van der Waals surface area contributed by atoms with Gasteiger partial charge in [-0.25, -0.2) is 0 Å². The van der Waals surface area contributed by atoms with Gasteiger partial charge in [0.15, 0.2) is 0 Å². The minimum Gasteiger partial charge on any atom is -0.495 e. The maximum atomic E-state index is 9.34. The molecule has 0 aliphatic carbocycles. The largest absolute Gasteiger partial charge is 0.495 e. The van der Waals surface area contributed by atoms with Gasteiger partial charge in [-0.05, 0) is 42.3 Å². The zero-order chi connectivity index (χ0) is 24.1. The van der Waals surface area contributed by atoms with Crippen LogP contribution < -0.4 is 20.7 Å². The second-order valence-electron chi connectivity index (χ2n) is 7.80. The summed E-state index contributed by atoms with van der Waals surface area (Å²) in [6.45, 7) is 1.66. The summed E-state index contributed by atoms with van der Waals surface area (Å²) in [6, 6.07) is 14.0. The van der Waals surface area contributed by atoms with Crippen LogP contribution in [0.4, 0.5) is 5.69 Å². The molecule has 2 aromatic rings. The molecule has 0 radical (unpaired) electrons. The average molecular weight is 515 g/mol. The van der Waals surface area contributed by atoms with E-state index in [1.807, 2.05) is 6.08 Å². The van der Waals surface area contributed by atoms with E-state index in [2.05, 4.69) is 52.4 Å². The predicted molar refractivity (Wildman–Crippen MR) is 139 cm³/mol. The van der Waals surface area contributed by atoms with Gasteiger partial charge in [0.05, 0.1) is 34.1 Å². The van der Waals surface area contributed by atoms with Crippen molar-refractivity contribution < 1.29 is 9.84 Å². The Morgan fingerprint density at radius 2 is 2.00 bits per heavy atom. The summed E-state index contributed by atoms with van der Waals surface area (Å²) >= 11 is 14.4. The monoisotopic (exact) mass is 514 g/mol. The molecular weight excluding hydrogens is 491 g/mol. The van der Waals surface area contributed by atoms with Crippen molar-refractivity contribution in [3.63, 3.8) is 0 Å². The van der Waals surface area contributed by atoms with Gasteiger partial charge in [-0.15, -0.1) is 0 Å². The van der Waals surface area contributed by atoms with Crippen molar-refractivity contribution in [2.45, 2.75) is 17.8 Å². The molecule has 0 fully saturated rings. The van der Waals surface area contributed by atoms with Crippen LogP contribution in [-0.4, -0.2) is 25.4 Å². The van der Waals surface area contributed by atoms with Gasteiger partial charge in [-0.1, -0.05) is 59.2 Å². The van der Waals surface area contributed by atoms with Crippen molar-refractivity contribution in [3.8, 4) is 11.8 Å². The quantitative estimate of drug-likeness (QED) is 0.339. The highest BCUT2D eigenvalue weighted by Crippen LogP contribution is 2.52. The fourth-order valence-corrected chi connectivity index (χ4v) is 5.58. The Morgan fingerprint density at radius 1 is 1.21 bits per heavy atom. The molecule has 0 bridgehead atoms. The van der Waals surface area contributed by atoms with E-state index in [1.165, 1.54) is 0 Å². The molecule has 1 unspecified atom stereocenters. The summed E-state index contributed by atoms with van der Waals surface area (Å²) in [5.74, 6) is 0.520. The number of thioether (sulfide) groups is 1. The van der Waals surface area contributed by atoms with Crippen LogP contribution in [0.2, 0.25) is 10.0 Å². The van der Waals surface area contributed by atoms with E-state index in [1.54, 1.807) is 37.2 Å². The molecule has 2 aliphatic heterocycles. The molecule has 4 N–H and O–H groups in total. The Labute approximate surface area is 213 Å². The van der Waals surface area contributed by atoms with Crippen LogP contribution in [0.5, 0.6) is 5.75 Å². The molecule has 0 saturated carbocycles. The third-order valence-corrected chi connectivity index (χ3v) is 7.41. The Bertz CT molecular complexity index is 1200. The lowest BCUT2D eigenvalue weighted by atomic mass is 10.0. The number of fused-ring (bicyclic) bond motifs is 1. The molecule has 34 heavy (non-hydrogen) atoms. The van der Waals surface area contributed by atoms with Crippen LogP contribution in [0.3, 0.4) is 0 Å². The van der Waals surface area contributed by atoms with Crippen LogP contribution >= 0.6 is 35.0 Å². The predicted octanol–water partition coefficient (Wildman–Crippen LogP) is 5.26. The molecule has 176 valence electrons. The van der Waals surface area contributed by atoms with Gasteiger partial charge in [0.2, 0.25) is 0 Å². The summed E-state index contributed by atoms with van der Waals surface area (Å²) in [5, 5.41) is 29.3. The van der Waals surface area contributed by atoms with E-state index >= 15 is 0 Å². The first-order valence-corrected chi connectivity index (χ1v) is 12.3. The van der Waals surface area contributed by atoms with E-state index < -0.39 is 4.87 Å². The Kier molecular flexibility index (Phi) is 7.77. The maximum absolute atomic E-state index is 9.34. The number of ether oxygens (including phenoxy) is 1. The molecule has 0 spiro atoms. The standard InChI is InChI=1S/C25H24Cl2N4O2S/c1-33-23-11-21(19(26)10-20(23)27)31-25(12-22-24(34-25)9-17(13-28)15-30-22)18-5-3-16(4-6-18)14-29-7-2-8-32/h3-6,9-12,15,29-32H,2,7-8,14H2,1H3. The second kappa shape index (κ2) is 10.8. The van der Waals surface area contributed by atoms with Crippen LogP contribution in [-0.2, 0) is 11.4 Å². The molecule has 6 nitrogen and oxygen atoms in total. The van der Waals surface area contributed by atoms with Gasteiger partial charge in [0.25, 0.3) is 0 Å². The number of halogens is 2. The number of aliphatic hydroxyl groups excluding tert-OH is 1. The third kappa shape index (κ3) is 5.22. The number of anilines is 1. The zero-order valence-corrected chi connectivity index (χ0v) is 20.8. The topological polar surface area (TPSA) is 89.3 Å². The minimum atomic E-state index is -0.682. The molecule has 2 aromatic carbocycles. The van der Waals surface area contributed by atoms with Gasteiger partial charge in [0.1, 0.15) is 16.7 Å². The number of hydrogen-bond donors (Lipinski definition) is 4. The first kappa shape index (κ1) is 24.5. The van der Waals surface area contributed by atoms with Gasteiger partial charge < -0.3 is 25.8 Å². The van der Waals surface area contributed by atoms with Crippen molar-refractivity contribution in [2.75, 3.05) is 25.6 Å². The summed E-state index contributed by atoms with van der Waals surface area (Å²) in [7, 11) is 1.56. The SMILES string of the molecule is COc1cc(NC2(c3ccc(CNCCCO)cc3)C=C3NC=C(C#N)C=C3S2)c(Cl)cc1Cl. The Morgan fingerprint density at radius 3 is 2.71 bits per heavy atom. The molecule has 2 aliphatic rings. The third-order valence-electron chi connectivity index (χ3n) is 5.47. The molecule has 9 heteroatoms. The lowest BCUT2D eigenvalue weighted by Gasteiger charge is -2.30. The number of rotatable bonds is 9. The highest BCUT2D eigenvalue weighted by Gasteiger charge is 2.40. The number of methoxy groups -OCH3 is 1. The number of allylic oxidation sites excluding steroid dienone is 2. The summed E-state index contributed by atoms with van der Waals surface area (Å²) in [5.41, 5.74) is 4.32. The summed E-state index contributed by atoms with van der Waals surface area (Å²) in [6.07, 6.45) is 6.40. The highest BCUT2D eigenvalue weighted by molar-refractivity contribution is 8.04. The normalized spacial score (nSPS) is 18.7. The van der Waals surface area contributed by atoms with Gasteiger partial charge in [-0.3, -0.25) is 0 Å². The average Bonchev–Trinajstić information content (AvgIpc) is 3.22. The number of nitrogens with zero attached hydrogens (tertiary/aromatic N) is 1. The van der Waals surface area contributed by atoms with E-state index in [9.17, 15) is 5.26 Å². The van der Waals surface area contributed by atoms with E-state index in [-0.39, 0.29) is 6.61 Å². The van der Waals surface area contributed by atoms with Crippen LogP contribution in [0.15, 0.2) is 70.9 Å². The summed E-state index contributed by atoms with van der Waals surface area (Å²) < 4.78 is 5.39. The van der Waals surface area contributed by atoms with E-state index in [0.29, 0.717) is 27.1 Å². The van der Waals surface area contributed by atoms with E-state index in [4.69, 9.17) is 33.0 Å². The molecular formula is C25H24Cl2N4O2S. The second-order valence-corrected chi connectivity index (χ2v) is 9.90. The lowest BCUT2D eigenvalue weighted by molar-refractivity contribution is 0.286. The summed E-state index contributed by atoms with van der Waals surface area (Å²) in [4.78, 5) is 0.275. The first-order valence-electron chi connectivity index (χ1n) is 10.7. The fraction of sp³-hybridized carbons (Fsp3) is 0.240. The molecule has 0 amide bonds. The van der Waals surface area contributed by atoms with Crippen molar-refractivity contribution >= 4 is 40.7 Å². The number of dihydropyridines is 1. The van der Waals surface area contributed by atoms with Crippen LogP contribution in [0, 0.1) is 11.3 Å². The first-order chi connectivity index (χ1) is 16.5. The molecule has 1 atom stereocenters. The molecule has 0 saturated heterocycles. The number of nitriles is 1.